The predicted octanol–water partition coefficient (Wildman–Crippen LogP) is 1.02. The predicted molar refractivity (Wildman–Crippen MR) is 64.5 cm³/mol. The van der Waals surface area contributed by atoms with Crippen molar-refractivity contribution >= 4 is 6.09 Å². The summed E-state index contributed by atoms with van der Waals surface area (Å²) in [5, 5.41) is 12.5. The molecule has 0 radical (unpaired) electrons. The first-order valence-corrected chi connectivity index (χ1v) is 5.63. The first-order valence-electron chi connectivity index (χ1n) is 5.63. The Hall–Kier alpha value is -1.56. The average molecular weight is 240 g/mol. The van der Waals surface area contributed by atoms with Crippen molar-refractivity contribution in [1.29, 1.82) is 0 Å². The summed E-state index contributed by atoms with van der Waals surface area (Å²) in [6, 6.07) is 1.90. The first-order chi connectivity index (χ1) is 7.97. The van der Waals surface area contributed by atoms with Gasteiger partial charge in [0.1, 0.15) is 5.60 Å². The van der Waals surface area contributed by atoms with E-state index in [1.165, 1.54) is 0 Å². The average Bonchev–Trinajstić information content (AvgIpc) is 2.67. The summed E-state index contributed by atoms with van der Waals surface area (Å²) in [5.74, 6) is 0. The number of hydrogen-bond acceptors (Lipinski definition) is 4. The molecule has 0 unspecified atom stereocenters. The van der Waals surface area contributed by atoms with Gasteiger partial charge in [-0.1, -0.05) is 0 Å². The molecule has 96 valence electrons. The minimum absolute atomic E-state index is 0.388. The Kier molecular flexibility index (Phi) is 4.96. The van der Waals surface area contributed by atoms with Crippen molar-refractivity contribution in [2.45, 2.75) is 32.9 Å². The number of nitrogens with zero attached hydrogens (tertiary/aromatic N) is 1. The van der Waals surface area contributed by atoms with Crippen LogP contribution in [0.25, 0.3) is 0 Å². The molecule has 6 heteroatoms. The van der Waals surface area contributed by atoms with Crippen LogP contribution in [-0.2, 0) is 11.3 Å². The highest BCUT2D eigenvalue weighted by Gasteiger charge is 2.15. The van der Waals surface area contributed by atoms with Gasteiger partial charge in [0, 0.05) is 31.5 Å². The third-order valence-electron chi connectivity index (χ3n) is 1.84. The summed E-state index contributed by atoms with van der Waals surface area (Å²) >= 11 is 0. The lowest BCUT2D eigenvalue weighted by Gasteiger charge is -2.19. The fourth-order valence-electron chi connectivity index (χ4n) is 1.17. The molecule has 1 aromatic heterocycles. The fourth-order valence-corrected chi connectivity index (χ4v) is 1.17. The van der Waals surface area contributed by atoms with E-state index in [2.05, 4.69) is 20.8 Å². The molecule has 0 atom stereocenters. The summed E-state index contributed by atoms with van der Waals surface area (Å²) in [6.45, 7) is 7.42. The molecule has 1 heterocycles. The molecule has 0 saturated heterocycles. The number of amides is 1. The molecule has 0 saturated carbocycles. The molecule has 0 spiro atoms. The number of aromatic nitrogens is 2. The van der Waals surface area contributed by atoms with Crippen LogP contribution in [0.15, 0.2) is 12.3 Å². The van der Waals surface area contributed by atoms with E-state index in [0.717, 1.165) is 5.69 Å². The minimum Gasteiger partial charge on any atom is -0.444 e. The molecule has 0 bridgehead atoms. The summed E-state index contributed by atoms with van der Waals surface area (Å²) in [6.07, 6.45) is 1.32. The second-order valence-electron chi connectivity index (χ2n) is 4.69. The van der Waals surface area contributed by atoms with E-state index in [0.29, 0.717) is 19.6 Å². The first kappa shape index (κ1) is 13.5. The number of H-pyrrole nitrogens is 1. The van der Waals surface area contributed by atoms with E-state index in [-0.39, 0.29) is 6.09 Å². The second-order valence-corrected chi connectivity index (χ2v) is 4.69. The quantitative estimate of drug-likeness (QED) is 0.671. The third-order valence-corrected chi connectivity index (χ3v) is 1.84. The van der Waals surface area contributed by atoms with Crippen molar-refractivity contribution in [3.05, 3.63) is 18.0 Å². The maximum atomic E-state index is 11.3. The van der Waals surface area contributed by atoms with Crippen LogP contribution >= 0.6 is 0 Å². The lowest BCUT2D eigenvalue weighted by atomic mass is 10.2. The van der Waals surface area contributed by atoms with E-state index in [9.17, 15) is 4.79 Å². The molecule has 1 amide bonds. The van der Waals surface area contributed by atoms with E-state index in [1.807, 2.05) is 26.8 Å². The maximum Gasteiger partial charge on any atom is 0.407 e. The largest absolute Gasteiger partial charge is 0.444 e. The Morgan fingerprint density at radius 1 is 1.47 bits per heavy atom. The number of alkyl carbamates (subject to hydrolysis) is 1. The van der Waals surface area contributed by atoms with Gasteiger partial charge in [-0.2, -0.15) is 5.10 Å². The van der Waals surface area contributed by atoms with Crippen molar-refractivity contribution in [3.8, 4) is 0 Å². The Labute approximate surface area is 101 Å². The van der Waals surface area contributed by atoms with E-state index in [1.54, 1.807) is 6.20 Å². The Morgan fingerprint density at radius 2 is 2.24 bits per heavy atom. The number of carbonyl (C=O) groups is 1. The molecule has 6 nitrogen and oxygen atoms in total. The smallest absolute Gasteiger partial charge is 0.407 e. The minimum atomic E-state index is -0.451. The van der Waals surface area contributed by atoms with Gasteiger partial charge < -0.3 is 15.4 Å². The number of rotatable bonds is 5. The van der Waals surface area contributed by atoms with Crippen LogP contribution < -0.4 is 10.6 Å². The highest BCUT2D eigenvalue weighted by molar-refractivity contribution is 5.67. The summed E-state index contributed by atoms with van der Waals surface area (Å²) in [7, 11) is 0. The number of ether oxygens (including phenoxy) is 1. The molecule has 0 aliphatic carbocycles. The normalized spacial score (nSPS) is 11.2. The zero-order chi connectivity index (χ0) is 12.7. The molecule has 1 aromatic rings. The standard InChI is InChI=1S/C11H20N4O2/c1-11(2,3)17-10(16)13-7-6-12-8-9-4-5-14-15-9/h4-5,12H,6-8H2,1-3H3,(H,13,16)(H,14,15). The monoisotopic (exact) mass is 240 g/mol. The molecule has 0 aliphatic heterocycles. The molecule has 0 aliphatic rings. The van der Waals surface area contributed by atoms with Gasteiger partial charge in [0.05, 0.1) is 0 Å². The van der Waals surface area contributed by atoms with Gasteiger partial charge in [0.2, 0.25) is 0 Å². The zero-order valence-corrected chi connectivity index (χ0v) is 10.5. The van der Waals surface area contributed by atoms with E-state index < -0.39 is 5.60 Å². The molecule has 0 aromatic carbocycles. The molecule has 0 fully saturated rings. The SMILES string of the molecule is CC(C)(C)OC(=O)NCCNCc1ccn[nH]1. The fraction of sp³-hybridized carbons (Fsp3) is 0.636. The molecule has 17 heavy (non-hydrogen) atoms. The molecule has 1 rings (SSSR count). The third kappa shape index (κ3) is 6.57. The van der Waals surface area contributed by atoms with Crippen molar-refractivity contribution in [3.63, 3.8) is 0 Å². The van der Waals surface area contributed by atoms with Gasteiger partial charge in [-0.15, -0.1) is 0 Å². The van der Waals surface area contributed by atoms with Crippen molar-refractivity contribution in [2.75, 3.05) is 13.1 Å². The molecular formula is C11H20N4O2. The van der Waals surface area contributed by atoms with E-state index >= 15 is 0 Å². The van der Waals surface area contributed by atoms with Crippen LogP contribution in [0.3, 0.4) is 0 Å². The Bertz CT molecular complexity index is 330. The van der Waals surface area contributed by atoms with E-state index in [4.69, 9.17) is 4.74 Å². The number of carbonyl (C=O) groups excluding carboxylic acids is 1. The summed E-state index contributed by atoms with van der Waals surface area (Å²) in [5.41, 5.74) is 0.565. The Morgan fingerprint density at radius 3 is 2.82 bits per heavy atom. The van der Waals surface area contributed by atoms with Gasteiger partial charge in [-0.05, 0) is 26.8 Å². The zero-order valence-electron chi connectivity index (χ0n) is 10.5. The van der Waals surface area contributed by atoms with Gasteiger partial charge in [0.15, 0.2) is 0 Å². The van der Waals surface area contributed by atoms with Crippen LogP contribution in [0.1, 0.15) is 26.5 Å². The van der Waals surface area contributed by atoms with Crippen LogP contribution in [0.5, 0.6) is 0 Å². The van der Waals surface area contributed by atoms with Crippen molar-refractivity contribution in [2.24, 2.45) is 0 Å². The second kappa shape index (κ2) is 6.24. The van der Waals surface area contributed by atoms with Crippen LogP contribution in [-0.4, -0.2) is 35.0 Å². The van der Waals surface area contributed by atoms with Gasteiger partial charge in [-0.25, -0.2) is 4.79 Å². The van der Waals surface area contributed by atoms with Gasteiger partial charge in [0.25, 0.3) is 0 Å². The molecule has 3 N–H and O–H groups in total. The lowest BCUT2D eigenvalue weighted by molar-refractivity contribution is 0.0528. The van der Waals surface area contributed by atoms with Crippen molar-refractivity contribution in [1.82, 2.24) is 20.8 Å². The van der Waals surface area contributed by atoms with Crippen LogP contribution in [0.2, 0.25) is 0 Å². The number of aromatic amines is 1. The van der Waals surface area contributed by atoms with Gasteiger partial charge >= 0.3 is 6.09 Å². The highest BCUT2D eigenvalue weighted by atomic mass is 16.6. The highest BCUT2D eigenvalue weighted by Crippen LogP contribution is 2.05. The number of hydrogen-bond donors (Lipinski definition) is 3. The van der Waals surface area contributed by atoms with Crippen molar-refractivity contribution < 1.29 is 9.53 Å². The van der Waals surface area contributed by atoms with Crippen LogP contribution in [0, 0.1) is 0 Å². The Balaban J connectivity index is 2.02. The molecular weight excluding hydrogens is 220 g/mol. The number of nitrogens with one attached hydrogen (secondary N) is 3. The maximum absolute atomic E-state index is 11.3. The van der Waals surface area contributed by atoms with Gasteiger partial charge in [-0.3, -0.25) is 5.10 Å². The topological polar surface area (TPSA) is 79.0 Å². The van der Waals surface area contributed by atoms with Crippen LogP contribution in [0.4, 0.5) is 4.79 Å². The lowest BCUT2D eigenvalue weighted by Crippen LogP contribution is -2.36. The summed E-state index contributed by atoms with van der Waals surface area (Å²) < 4.78 is 5.10. The summed E-state index contributed by atoms with van der Waals surface area (Å²) in [4.78, 5) is 11.3.